The zero-order chi connectivity index (χ0) is 12.6. The summed E-state index contributed by atoms with van der Waals surface area (Å²) in [6.07, 6.45) is -0.446. The second kappa shape index (κ2) is 7.03. The maximum Gasteiger partial charge on any atom is 0.286 e. The van der Waals surface area contributed by atoms with Crippen LogP contribution in [0.2, 0.25) is 0 Å². The highest BCUT2D eigenvalue weighted by molar-refractivity contribution is 5.00. The van der Waals surface area contributed by atoms with Crippen LogP contribution >= 0.6 is 0 Å². The number of nitrogens with zero attached hydrogens (tertiary/aromatic N) is 3. The number of rotatable bonds is 8. The van der Waals surface area contributed by atoms with Crippen LogP contribution < -0.4 is 0 Å². The van der Waals surface area contributed by atoms with Gasteiger partial charge in [0.15, 0.2) is 6.10 Å². The summed E-state index contributed by atoms with van der Waals surface area (Å²) >= 11 is 0. The number of aliphatic hydroxyl groups excluding tert-OH is 1. The van der Waals surface area contributed by atoms with E-state index < -0.39 is 24.3 Å². The van der Waals surface area contributed by atoms with Gasteiger partial charge in [-0.25, -0.2) is 8.78 Å². The number of azide groups is 1. The van der Waals surface area contributed by atoms with Crippen LogP contribution in [0.25, 0.3) is 10.4 Å². The monoisotopic (exact) mass is 235 g/mol. The van der Waals surface area contributed by atoms with E-state index in [4.69, 9.17) is 15.4 Å². The van der Waals surface area contributed by atoms with Crippen molar-refractivity contribution in [1.29, 1.82) is 0 Å². The maximum absolute atomic E-state index is 13.3. The Morgan fingerprint density at radius 3 is 2.75 bits per heavy atom. The van der Waals surface area contributed by atoms with Gasteiger partial charge in [-0.1, -0.05) is 25.0 Å². The molecule has 0 saturated heterocycles. The van der Waals surface area contributed by atoms with E-state index in [1.54, 1.807) is 0 Å². The van der Waals surface area contributed by atoms with E-state index in [2.05, 4.69) is 16.6 Å². The predicted octanol–water partition coefficient (Wildman–Crippen LogP) is 3.19. The second-order valence-electron chi connectivity index (χ2n) is 3.25. The quantitative estimate of drug-likeness (QED) is 0.230. The highest BCUT2D eigenvalue weighted by Crippen LogP contribution is 2.26. The minimum absolute atomic E-state index is 0.0899. The molecule has 0 aromatic carbocycles. The molecule has 16 heavy (non-hydrogen) atoms. The molecule has 0 amide bonds. The zero-order valence-corrected chi connectivity index (χ0v) is 9.07. The van der Waals surface area contributed by atoms with Crippen molar-refractivity contribution in [1.82, 2.24) is 0 Å². The first-order chi connectivity index (χ1) is 7.45. The standard InChI is InChI=1S/C9H15F2N3O2/c1-3-4-5-16-8(7(2)15)9(10,11)6-13-14-12/h8,15H,2-6H2,1H3/t8-/m1/s1. The topological polar surface area (TPSA) is 78.2 Å². The third-order valence-electron chi connectivity index (χ3n) is 1.81. The van der Waals surface area contributed by atoms with Crippen molar-refractivity contribution in [3.8, 4) is 0 Å². The lowest BCUT2D eigenvalue weighted by molar-refractivity contribution is -0.126. The fraction of sp³-hybridized carbons (Fsp3) is 0.778. The summed E-state index contributed by atoms with van der Waals surface area (Å²) in [6, 6.07) is 0. The molecule has 0 rings (SSSR count). The number of hydrogen-bond donors (Lipinski definition) is 1. The fourth-order valence-corrected chi connectivity index (χ4v) is 1.02. The van der Waals surface area contributed by atoms with E-state index in [-0.39, 0.29) is 6.61 Å². The average molecular weight is 235 g/mol. The van der Waals surface area contributed by atoms with E-state index >= 15 is 0 Å². The average Bonchev–Trinajstić information content (AvgIpc) is 2.20. The molecule has 0 radical (unpaired) electrons. The Labute approximate surface area is 92.3 Å². The van der Waals surface area contributed by atoms with E-state index in [1.807, 2.05) is 6.92 Å². The summed E-state index contributed by atoms with van der Waals surface area (Å²) in [7, 11) is 0. The second-order valence-corrected chi connectivity index (χ2v) is 3.25. The first-order valence-corrected chi connectivity index (χ1v) is 4.83. The van der Waals surface area contributed by atoms with Crippen molar-refractivity contribution in [2.24, 2.45) is 5.11 Å². The van der Waals surface area contributed by atoms with Gasteiger partial charge in [-0.3, -0.25) is 0 Å². The van der Waals surface area contributed by atoms with E-state index in [0.717, 1.165) is 6.42 Å². The molecule has 7 heteroatoms. The van der Waals surface area contributed by atoms with Crippen LogP contribution in [0.15, 0.2) is 17.5 Å². The van der Waals surface area contributed by atoms with Crippen molar-refractivity contribution in [2.45, 2.75) is 31.8 Å². The molecule has 0 spiro atoms. The van der Waals surface area contributed by atoms with Crippen LogP contribution in [0.3, 0.4) is 0 Å². The number of unbranched alkanes of at least 4 members (excludes halogenated alkanes) is 1. The molecule has 5 nitrogen and oxygen atoms in total. The summed E-state index contributed by atoms with van der Waals surface area (Å²) in [6.45, 7) is 3.92. The lowest BCUT2D eigenvalue weighted by Gasteiger charge is -2.24. The van der Waals surface area contributed by atoms with Crippen molar-refractivity contribution >= 4 is 0 Å². The van der Waals surface area contributed by atoms with Crippen LogP contribution in [-0.4, -0.2) is 30.3 Å². The fourth-order valence-electron chi connectivity index (χ4n) is 1.02. The van der Waals surface area contributed by atoms with Gasteiger partial charge >= 0.3 is 0 Å². The van der Waals surface area contributed by atoms with Gasteiger partial charge < -0.3 is 9.84 Å². The van der Waals surface area contributed by atoms with Gasteiger partial charge in [-0.2, -0.15) is 0 Å². The Morgan fingerprint density at radius 2 is 2.31 bits per heavy atom. The van der Waals surface area contributed by atoms with Crippen LogP contribution in [0.1, 0.15) is 19.8 Å². The molecular formula is C9H15F2N3O2. The lowest BCUT2D eigenvalue weighted by Crippen LogP contribution is -2.40. The molecule has 1 N–H and O–H groups in total. The largest absolute Gasteiger partial charge is 0.510 e. The van der Waals surface area contributed by atoms with E-state index in [1.165, 1.54) is 0 Å². The Kier molecular flexibility index (Phi) is 6.44. The highest BCUT2D eigenvalue weighted by atomic mass is 19.3. The summed E-state index contributed by atoms with van der Waals surface area (Å²) in [4.78, 5) is 2.24. The molecule has 0 aliphatic heterocycles. The summed E-state index contributed by atoms with van der Waals surface area (Å²) in [5.41, 5.74) is 7.96. The van der Waals surface area contributed by atoms with Gasteiger partial charge in [0.05, 0.1) is 6.54 Å². The van der Waals surface area contributed by atoms with Gasteiger partial charge in [0, 0.05) is 11.5 Å². The van der Waals surface area contributed by atoms with E-state index in [9.17, 15) is 8.78 Å². The summed E-state index contributed by atoms with van der Waals surface area (Å²) < 4.78 is 31.5. The lowest BCUT2D eigenvalue weighted by atomic mass is 10.1. The van der Waals surface area contributed by atoms with Crippen LogP contribution in [-0.2, 0) is 4.74 Å². The Morgan fingerprint density at radius 1 is 1.69 bits per heavy atom. The van der Waals surface area contributed by atoms with Gasteiger partial charge in [0.25, 0.3) is 5.92 Å². The van der Waals surface area contributed by atoms with Gasteiger partial charge in [-0.15, -0.1) is 0 Å². The molecule has 0 bridgehead atoms. The zero-order valence-electron chi connectivity index (χ0n) is 9.07. The Bertz CT molecular complexity index is 278. The van der Waals surface area contributed by atoms with Crippen LogP contribution in [0, 0.1) is 0 Å². The molecule has 0 aliphatic rings. The van der Waals surface area contributed by atoms with E-state index in [0.29, 0.717) is 6.42 Å². The molecule has 0 aromatic heterocycles. The molecule has 1 atom stereocenters. The number of hydrogen-bond acceptors (Lipinski definition) is 3. The molecule has 0 aromatic rings. The maximum atomic E-state index is 13.3. The van der Waals surface area contributed by atoms with Crippen molar-refractivity contribution in [3.05, 3.63) is 22.8 Å². The minimum Gasteiger partial charge on any atom is -0.510 e. The Balaban J connectivity index is 4.49. The molecule has 0 unspecified atom stereocenters. The smallest absolute Gasteiger partial charge is 0.286 e. The molecule has 0 fully saturated rings. The molecule has 0 saturated carbocycles. The number of halogens is 2. The molecule has 92 valence electrons. The SMILES string of the molecule is C=C(O)[C@@H](OCCCC)C(F)(F)CN=[N+]=[N-]. The minimum atomic E-state index is -3.45. The van der Waals surface area contributed by atoms with Crippen molar-refractivity contribution in [3.63, 3.8) is 0 Å². The third kappa shape index (κ3) is 4.95. The van der Waals surface area contributed by atoms with Crippen LogP contribution in [0.4, 0.5) is 8.78 Å². The van der Waals surface area contributed by atoms with Gasteiger partial charge in [0.2, 0.25) is 0 Å². The van der Waals surface area contributed by atoms with Crippen LogP contribution in [0.5, 0.6) is 0 Å². The Hall–Kier alpha value is -1.33. The molecule has 0 aliphatic carbocycles. The number of ether oxygens (including phenoxy) is 1. The number of aliphatic hydroxyl groups is 1. The van der Waals surface area contributed by atoms with Crippen molar-refractivity contribution < 1.29 is 18.6 Å². The highest BCUT2D eigenvalue weighted by Gasteiger charge is 2.42. The summed E-state index contributed by atoms with van der Waals surface area (Å²) in [5, 5.41) is 11.8. The number of alkyl halides is 2. The third-order valence-corrected chi connectivity index (χ3v) is 1.81. The van der Waals surface area contributed by atoms with Gasteiger partial charge in [-0.05, 0) is 12.0 Å². The summed E-state index contributed by atoms with van der Waals surface area (Å²) in [5.74, 6) is -4.22. The van der Waals surface area contributed by atoms with Gasteiger partial charge in [0.1, 0.15) is 5.76 Å². The molecular weight excluding hydrogens is 220 g/mol. The first-order valence-electron chi connectivity index (χ1n) is 4.83. The predicted molar refractivity (Wildman–Crippen MR) is 55.4 cm³/mol. The first kappa shape index (κ1) is 14.7. The van der Waals surface area contributed by atoms with Crippen molar-refractivity contribution in [2.75, 3.05) is 13.2 Å². The normalized spacial score (nSPS) is 12.9. The molecule has 0 heterocycles.